The highest BCUT2D eigenvalue weighted by molar-refractivity contribution is 5.96. The molecular weight excluding hydrogens is 1520 g/mol. The zero-order chi connectivity index (χ0) is 90.6. The van der Waals surface area contributed by atoms with Gasteiger partial charge < -0.3 is 35.1 Å². The first kappa shape index (κ1) is 105. The fourth-order valence-corrected chi connectivity index (χ4v) is 16.8. The van der Waals surface area contributed by atoms with Gasteiger partial charge in [0.2, 0.25) is 6.41 Å². The quantitative estimate of drug-likeness (QED) is 0.0478. The minimum Gasteiger partial charge on any atom is -0.336 e. The molecule has 6 aliphatic rings. The van der Waals surface area contributed by atoms with Crippen LogP contribution in [-0.2, 0) is 39.3 Å². The van der Waals surface area contributed by atoms with E-state index in [4.69, 9.17) is 0 Å². The molecule has 7 heterocycles. The zero-order valence-electron chi connectivity index (χ0n) is 81.9. The van der Waals surface area contributed by atoms with Crippen LogP contribution in [0.25, 0.3) is 0 Å². The van der Waals surface area contributed by atoms with Crippen LogP contribution >= 0.6 is 0 Å². The molecule has 17 nitrogen and oxygen atoms in total. The highest BCUT2D eigenvalue weighted by atomic mass is 16.2. The lowest BCUT2D eigenvalue weighted by atomic mass is 9.86. The molecule has 0 bridgehead atoms. The van der Waals surface area contributed by atoms with Gasteiger partial charge in [-0.25, -0.2) is 0 Å². The highest BCUT2D eigenvalue weighted by Crippen LogP contribution is 2.32. The number of nitrogens with one attached hydrogen (secondary N) is 2. The van der Waals surface area contributed by atoms with Crippen LogP contribution in [0.5, 0.6) is 0 Å². The third-order valence-corrected chi connectivity index (χ3v) is 25.0. The number of likely N-dealkylation sites (N-methyl/N-ethyl adjacent to an activating group) is 1. The molecule has 1 atom stereocenters. The molecule has 1 saturated carbocycles. The maximum absolute atomic E-state index is 12.4. The van der Waals surface area contributed by atoms with Gasteiger partial charge in [-0.15, -0.1) is 0 Å². The Hall–Kier alpha value is -7.06. The molecule has 2 aromatic heterocycles. The summed E-state index contributed by atoms with van der Waals surface area (Å²) in [6.07, 6.45) is 26.4. The van der Waals surface area contributed by atoms with Crippen molar-refractivity contribution in [2.45, 2.75) is 298 Å². The third-order valence-electron chi connectivity index (χ3n) is 25.0. The molecule has 0 spiro atoms. The van der Waals surface area contributed by atoms with Gasteiger partial charge in [0.15, 0.2) is 5.78 Å². The number of hydrogen-bond acceptors (Lipinski definition) is 14. The minimum atomic E-state index is 0.126. The maximum atomic E-state index is 12.4. The van der Waals surface area contributed by atoms with Gasteiger partial charge in [-0.1, -0.05) is 169 Å². The monoisotopic (exact) mass is 1690 g/mol. The Bertz CT molecular complexity index is 3930. The van der Waals surface area contributed by atoms with E-state index in [1.54, 1.807) is 0 Å². The van der Waals surface area contributed by atoms with E-state index >= 15 is 0 Å². The van der Waals surface area contributed by atoms with Crippen molar-refractivity contribution in [2.24, 2.45) is 0 Å². The van der Waals surface area contributed by atoms with Gasteiger partial charge in [0.25, 0.3) is 11.8 Å². The largest absolute Gasteiger partial charge is 0.336 e. The van der Waals surface area contributed by atoms with Crippen molar-refractivity contribution < 1.29 is 19.2 Å². The van der Waals surface area contributed by atoms with E-state index in [1.807, 2.05) is 89.1 Å². The van der Waals surface area contributed by atoms with Gasteiger partial charge in [-0.05, 0) is 316 Å². The molecule has 1 unspecified atom stereocenters. The summed E-state index contributed by atoms with van der Waals surface area (Å²) in [5.41, 5.74) is 12.5. The number of pyridine rings is 2. The Kier molecular flexibility index (Phi) is 43.5. The number of rotatable bonds is 18. The number of hydrogen-bond donors (Lipinski definition) is 2. The summed E-state index contributed by atoms with van der Waals surface area (Å²) in [5.74, 6) is 0.574. The number of aryl methyl sites for hydroxylation is 2. The van der Waals surface area contributed by atoms with E-state index in [9.17, 15) is 19.2 Å². The fraction of sp³-hybridized carbons (Fsp3) is 0.642. The molecule has 684 valence electrons. The van der Waals surface area contributed by atoms with Gasteiger partial charge in [0, 0.05) is 160 Å². The topological polar surface area (TPSA) is 147 Å². The Balaban J connectivity index is 0.000000223. The van der Waals surface area contributed by atoms with Crippen molar-refractivity contribution in [2.75, 3.05) is 151 Å². The van der Waals surface area contributed by atoms with Gasteiger partial charge in [0.1, 0.15) is 0 Å². The summed E-state index contributed by atoms with van der Waals surface area (Å²) in [7, 11) is 6.22. The summed E-state index contributed by atoms with van der Waals surface area (Å²) in [5, 5.41) is 5.90. The van der Waals surface area contributed by atoms with Crippen LogP contribution in [-0.4, -0.2) is 252 Å². The number of benzene rings is 4. The summed E-state index contributed by atoms with van der Waals surface area (Å²) in [4.78, 5) is 77.0. The summed E-state index contributed by atoms with van der Waals surface area (Å²) in [6.45, 7) is 67.7. The van der Waals surface area contributed by atoms with E-state index in [-0.39, 0.29) is 39.3 Å². The van der Waals surface area contributed by atoms with Gasteiger partial charge in [-0.2, -0.15) is 0 Å². The molecule has 12 rings (SSSR count). The van der Waals surface area contributed by atoms with E-state index in [0.717, 1.165) is 113 Å². The number of amides is 3. The van der Waals surface area contributed by atoms with Crippen molar-refractivity contribution >= 4 is 29.7 Å². The molecule has 0 radical (unpaired) electrons. The number of likely N-dealkylation sites (tertiary alicyclic amines) is 1. The number of unbranched alkanes of at least 4 members (excludes halogenated alkanes) is 1. The maximum Gasteiger partial charge on any atom is 0.253 e. The first-order chi connectivity index (χ1) is 57.9. The molecule has 6 fully saturated rings. The van der Waals surface area contributed by atoms with E-state index in [2.05, 4.69) is 288 Å². The van der Waals surface area contributed by atoms with Crippen LogP contribution in [0.1, 0.15) is 300 Å². The van der Waals surface area contributed by atoms with Crippen molar-refractivity contribution in [3.8, 4) is 0 Å². The molecule has 123 heavy (non-hydrogen) atoms. The first-order valence-electron chi connectivity index (χ1n) is 47.2. The zero-order valence-corrected chi connectivity index (χ0v) is 81.9. The second-order valence-electron chi connectivity index (χ2n) is 42.6. The van der Waals surface area contributed by atoms with E-state index in [1.165, 1.54) is 176 Å². The Morgan fingerprint density at radius 2 is 0.976 bits per heavy atom. The van der Waals surface area contributed by atoms with Crippen LogP contribution in [0, 0.1) is 0 Å². The molecule has 3 amide bonds. The molecule has 4 aromatic carbocycles. The Morgan fingerprint density at radius 1 is 0.463 bits per heavy atom. The number of Topliss-reactive ketones (excluding diaryl/α,β-unsaturated/α-hetero) is 1. The van der Waals surface area contributed by atoms with Crippen LogP contribution in [0.2, 0.25) is 0 Å². The number of piperidine rings is 1. The van der Waals surface area contributed by atoms with Gasteiger partial charge in [0.05, 0.1) is 0 Å². The standard InChI is InChI=1S/C17H29N3.C17H27NO.C16H24N2O.C16H26N2.C15H22N2O.C14H28N2.C11H15NO/c1-17(2,3)20-13-5-12-19(14-15-20)11-4-6-16-7-9-18-10-8-16;1-17(2,3)15-11-9-14(10-12-15)16(19)8-6-7-13-18(4)5;1-16(2,3)14-7-5-13(6-8-14)15(19)18-11-9-17(4)10-12-18;1-16(2,3)18-13-7-5-9-15(18)11-10-14-8-4-6-12-17-14;1-15(2,3)13-6-4-12(5-7-13)14(18)17-10-8-16-9-11-17;1-14(2,3)16-10-6-9-15(11-12-16)13-7-4-5-8-13;1-11(2,3)9-5-4-6-10(7-9)12-8-13/h7-10H,4-6,11-15H2,1-3H3;9-12H,6-8,13H2,1-5H3;5-8H,9-12H2,1-4H3;4,6,8,12,15H,5,7,9-11,13H2,1-3H3;4-7,16H,8-11H2,1-3H3;13H,4-12H2,1-3H3;4-8H,1-3H3,(H,12,13). The number of ketones is 1. The lowest BCUT2D eigenvalue weighted by molar-refractivity contribution is -0.105. The highest BCUT2D eigenvalue weighted by Gasteiger charge is 2.33. The SMILES string of the molecule is CC(C)(C)N1CCCCC1CCc1ccccn1.CC(C)(C)N1CCCN(C2CCCC2)CC1.CC(C)(C)N1CCCN(CCCc2ccncc2)CC1.CC(C)(C)c1ccc(C(=O)N2CCNCC2)cc1.CC(C)(C)c1cccc(NC=O)c1.CN(C)CCCCC(=O)c1ccc(C(C)(C)C)cc1.CN1CCN(C(=O)c2ccc(C(C)(C)C)cc2)CC1. The molecule has 17 heteroatoms. The normalized spacial score (nSPS) is 18.0. The number of carbonyl (C=O) groups excluding carboxylic acids is 4. The number of nitrogens with zero attached hydrogens (tertiary/aromatic N) is 11. The summed E-state index contributed by atoms with van der Waals surface area (Å²) >= 11 is 0. The smallest absolute Gasteiger partial charge is 0.253 e. The number of aromatic nitrogens is 2. The minimum absolute atomic E-state index is 0.126. The second kappa shape index (κ2) is 51.1. The predicted molar refractivity (Wildman–Crippen MR) is 521 cm³/mol. The predicted octanol–water partition coefficient (Wildman–Crippen LogP) is 20.1. The first-order valence-corrected chi connectivity index (χ1v) is 47.2. The summed E-state index contributed by atoms with van der Waals surface area (Å²) < 4.78 is 0. The lowest BCUT2D eigenvalue weighted by Gasteiger charge is -2.44. The average Bonchev–Trinajstić information content (AvgIpc) is 1.13. The van der Waals surface area contributed by atoms with Crippen molar-refractivity contribution in [3.63, 3.8) is 0 Å². The lowest BCUT2D eigenvalue weighted by Crippen LogP contribution is -2.50. The van der Waals surface area contributed by atoms with Crippen molar-refractivity contribution in [3.05, 3.63) is 196 Å². The summed E-state index contributed by atoms with van der Waals surface area (Å²) in [6, 6.07) is 44.2. The van der Waals surface area contributed by atoms with Crippen LogP contribution < -0.4 is 10.6 Å². The molecule has 5 saturated heterocycles. The van der Waals surface area contributed by atoms with Crippen LogP contribution in [0.3, 0.4) is 0 Å². The van der Waals surface area contributed by atoms with Gasteiger partial charge in [-0.3, -0.25) is 48.7 Å². The molecule has 5 aliphatic heterocycles. The number of piperazine rings is 2. The number of carbonyl (C=O) groups is 4. The molecule has 1 aliphatic carbocycles. The van der Waals surface area contributed by atoms with Crippen LogP contribution in [0.4, 0.5) is 5.69 Å². The third kappa shape index (κ3) is 39.0. The van der Waals surface area contributed by atoms with Crippen molar-refractivity contribution in [1.82, 2.24) is 59.4 Å². The molecule has 6 aromatic rings. The molecular formula is C106H171N13O4. The van der Waals surface area contributed by atoms with Gasteiger partial charge >= 0.3 is 0 Å². The van der Waals surface area contributed by atoms with E-state index in [0.29, 0.717) is 29.4 Å². The number of anilines is 1. The van der Waals surface area contributed by atoms with Crippen molar-refractivity contribution in [1.29, 1.82) is 0 Å². The average molecular weight is 1690 g/mol. The fourth-order valence-electron chi connectivity index (χ4n) is 16.8. The molecule has 2 N–H and O–H groups in total. The Labute approximate surface area is 749 Å². The Morgan fingerprint density at radius 3 is 1.47 bits per heavy atom. The second-order valence-corrected chi connectivity index (χ2v) is 42.6. The van der Waals surface area contributed by atoms with Crippen LogP contribution in [0.15, 0.2) is 146 Å². The van der Waals surface area contributed by atoms with E-state index < -0.39 is 0 Å².